The molecule has 0 unspecified atom stereocenters. The standard InChI is InChI=1S/C23H23N5O2S/c1-30-20-9-5-2-6-17(20)23-26-25-22(31-23)16-10-12-27(13-11-16)21(29)14-28-15-24-18-7-3-4-8-19(18)28/h2-9,15-16H,10-14H2,1H3. The molecule has 5 rings (SSSR count). The maximum atomic E-state index is 12.9. The van der Waals surface area contributed by atoms with Crippen LogP contribution >= 0.6 is 11.3 Å². The molecule has 0 atom stereocenters. The highest BCUT2D eigenvalue weighted by atomic mass is 32.1. The molecule has 0 radical (unpaired) electrons. The lowest BCUT2D eigenvalue weighted by molar-refractivity contribution is -0.132. The fourth-order valence-corrected chi connectivity index (χ4v) is 5.13. The number of likely N-dealkylation sites (tertiary alicyclic amines) is 1. The zero-order chi connectivity index (χ0) is 21.2. The van der Waals surface area contributed by atoms with Crippen LogP contribution < -0.4 is 4.74 Å². The molecular weight excluding hydrogens is 410 g/mol. The van der Waals surface area contributed by atoms with Crippen molar-refractivity contribution >= 4 is 28.3 Å². The third-order valence-corrected chi connectivity index (χ3v) is 6.93. The summed E-state index contributed by atoms with van der Waals surface area (Å²) < 4.78 is 7.38. The van der Waals surface area contributed by atoms with E-state index in [1.807, 2.05) is 58.0 Å². The average molecular weight is 434 g/mol. The Morgan fingerprint density at radius 2 is 1.87 bits per heavy atom. The zero-order valence-corrected chi connectivity index (χ0v) is 18.1. The number of nitrogens with zero attached hydrogens (tertiary/aromatic N) is 5. The van der Waals surface area contributed by atoms with Gasteiger partial charge in [-0.2, -0.15) is 0 Å². The molecule has 1 aliphatic heterocycles. The van der Waals surface area contributed by atoms with Crippen LogP contribution in [0.2, 0.25) is 0 Å². The van der Waals surface area contributed by atoms with E-state index in [1.54, 1.807) is 24.8 Å². The molecule has 1 saturated heterocycles. The SMILES string of the molecule is COc1ccccc1-c1nnc(C2CCN(C(=O)Cn3cnc4ccccc43)CC2)s1. The Morgan fingerprint density at radius 1 is 1.10 bits per heavy atom. The number of ether oxygens (including phenoxy) is 1. The summed E-state index contributed by atoms with van der Waals surface area (Å²) in [6, 6.07) is 15.8. The minimum absolute atomic E-state index is 0.133. The van der Waals surface area contributed by atoms with Gasteiger partial charge in [0, 0.05) is 19.0 Å². The number of benzene rings is 2. The van der Waals surface area contributed by atoms with Gasteiger partial charge in [-0.25, -0.2) is 4.98 Å². The smallest absolute Gasteiger partial charge is 0.242 e. The van der Waals surface area contributed by atoms with E-state index < -0.39 is 0 Å². The molecule has 1 amide bonds. The molecule has 0 bridgehead atoms. The van der Waals surface area contributed by atoms with Gasteiger partial charge in [-0.1, -0.05) is 35.6 Å². The molecule has 0 aliphatic carbocycles. The first-order valence-corrected chi connectivity index (χ1v) is 11.2. The number of piperidine rings is 1. The van der Waals surface area contributed by atoms with Crippen molar-refractivity contribution in [2.24, 2.45) is 0 Å². The molecule has 3 heterocycles. The van der Waals surface area contributed by atoms with Crippen LogP contribution in [-0.2, 0) is 11.3 Å². The summed E-state index contributed by atoms with van der Waals surface area (Å²) in [5, 5.41) is 10.8. The number of rotatable bonds is 5. The Balaban J connectivity index is 1.23. The second-order valence-electron chi connectivity index (χ2n) is 7.66. The molecule has 2 aromatic carbocycles. The molecule has 8 heteroatoms. The van der Waals surface area contributed by atoms with Crippen LogP contribution in [0.1, 0.15) is 23.8 Å². The van der Waals surface area contributed by atoms with Crippen molar-refractivity contribution in [2.75, 3.05) is 20.2 Å². The van der Waals surface area contributed by atoms with Gasteiger partial charge in [-0.3, -0.25) is 4.79 Å². The number of para-hydroxylation sites is 3. The summed E-state index contributed by atoms with van der Waals surface area (Å²) >= 11 is 1.62. The largest absolute Gasteiger partial charge is 0.496 e. The number of carbonyl (C=O) groups excluding carboxylic acids is 1. The Kier molecular flexibility index (Phi) is 5.38. The number of carbonyl (C=O) groups is 1. The maximum absolute atomic E-state index is 12.9. The van der Waals surface area contributed by atoms with Crippen molar-refractivity contribution in [2.45, 2.75) is 25.3 Å². The first kappa shape index (κ1) is 19.7. The van der Waals surface area contributed by atoms with E-state index in [9.17, 15) is 4.79 Å². The van der Waals surface area contributed by atoms with E-state index in [1.165, 1.54) is 0 Å². The minimum Gasteiger partial charge on any atom is -0.496 e. The van der Waals surface area contributed by atoms with Crippen LogP contribution in [0.5, 0.6) is 5.75 Å². The lowest BCUT2D eigenvalue weighted by Gasteiger charge is -2.31. The van der Waals surface area contributed by atoms with Crippen LogP contribution in [0.3, 0.4) is 0 Å². The van der Waals surface area contributed by atoms with Crippen molar-refractivity contribution in [3.63, 3.8) is 0 Å². The molecule has 7 nitrogen and oxygen atoms in total. The molecule has 1 fully saturated rings. The first-order chi connectivity index (χ1) is 15.2. The lowest BCUT2D eigenvalue weighted by atomic mass is 9.97. The van der Waals surface area contributed by atoms with Crippen molar-refractivity contribution in [3.8, 4) is 16.3 Å². The summed E-state index contributed by atoms with van der Waals surface area (Å²) in [4.78, 5) is 19.2. The summed E-state index contributed by atoms with van der Waals surface area (Å²) in [5.41, 5.74) is 2.87. The van der Waals surface area contributed by atoms with Gasteiger partial charge in [-0.05, 0) is 37.1 Å². The van der Waals surface area contributed by atoms with E-state index in [0.717, 1.165) is 58.3 Å². The highest BCUT2D eigenvalue weighted by Crippen LogP contribution is 2.36. The molecule has 4 aromatic rings. The lowest BCUT2D eigenvalue weighted by Crippen LogP contribution is -2.39. The molecule has 0 saturated carbocycles. The highest BCUT2D eigenvalue weighted by Gasteiger charge is 2.27. The van der Waals surface area contributed by atoms with Gasteiger partial charge >= 0.3 is 0 Å². The van der Waals surface area contributed by atoms with E-state index in [2.05, 4.69) is 15.2 Å². The van der Waals surface area contributed by atoms with Crippen molar-refractivity contribution in [1.82, 2.24) is 24.6 Å². The van der Waals surface area contributed by atoms with Gasteiger partial charge in [0.1, 0.15) is 17.3 Å². The topological polar surface area (TPSA) is 73.1 Å². The fourth-order valence-electron chi connectivity index (χ4n) is 4.09. The van der Waals surface area contributed by atoms with E-state index >= 15 is 0 Å². The van der Waals surface area contributed by atoms with E-state index in [4.69, 9.17) is 4.74 Å². The van der Waals surface area contributed by atoms with Crippen molar-refractivity contribution < 1.29 is 9.53 Å². The Morgan fingerprint density at radius 3 is 2.71 bits per heavy atom. The van der Waals surface area contributed by atoms with E-state index in [0.29, 0.717) is 12.5 Å². The number of hydrogen-bond acceptors (Lipinski definition) is 6. The zero-order valence-electron chi connectivity index (χ0n) is 17.3. The summed E-state index contributed by atoms with van der Waals surface area (Å²) in [6.45, 7) is 1.79. The van der Waals surface area contributed by atoms with Crippen LogP contribution in [-0.4, -0.2) is 50.8 Å². The van der Waals surface area contributed by atoms with Crippen LogP contribution in [0.15, 0.2) is 54.9 Å². The normalized spacial score (nSPS) is 14.8. The predicted octanol–water partition coefficient (Wildman–Crippen LogP) is 3.97. The van der Waals surface area contributed by atoms with E-state index in [-0.39, 0.29) is 5.91 Å². The number of methoxy groups -OCH3 is 1. The second-order valence-corrected chi connectivity index (χ2v) is 8.67. The summed E-state index contributed by atoms with van der Waals surface area (Å²) in [6.07, 6.45) is 3.55. The summed E-state index contributed by atoms with van der Waals surface area (Å²) in [7, 11) is 1.67. The molecule has 2 aromatic heterocycles. The van der Waals surface area contributed by atoms with Crippen molar-refractivity contribution in [1.29, 1.82) is 0 Å². The maximum Gasteiger partial charge on any atom is 0.242 e. The summed E-state index contributed by atoms with van der Waals surface area (Å²) in [5.74, 6) is 1.27. The predicted molar refractivity (Wildman–Crippen MR) is 120 cm³/mol. The quantitative estimate of drug-likeness (QED) is 0.476. The number of aromatic nitrogens is 4. The van der Waals surface area contributed by atoms with Gasteiger partial charge in [-0.15, -0.1) is 10.2 Å². The third-order valence-electron chi connectivity index (χ3n) is 5.81. The first-order valence-electron chi connectivity index (χ1n) is 10.4. The van der Waals surface area contributed by atoms with Crippen LogP contribution in [0.4, 0.5) is 0 Å². The van der Waals surface area contributed by atoms with Crippen LogP contribution in [0, 0.1) is 0 Å². The Hall–Kier alpha value is -3.26. The Labute approximate surface area is 184 Å². The Bertz CT molecular complexity index is 1210. The minimum atomic E-state index is 0.133. The molecule has 158 valence electrons. The fraction of sp³-hybridized carbons (Fsp3) is 0.304. The number of hydrogen-bond donors (Lipinski definition) is 0. The monoisotopic (exact) mass is 433 g/mol. The molecule has 1 aliphatic rings. The highest BCUT2D eigenvalue weighted by molar-refractivity contribution is 7.14. The molecule has 0 N–H and O–H groups in total. The van der Waals surface area contributed by atoms with Crippen LogP contribution in [0.25, 0.3) is 21.6 Å². The number of imidazole rings is 1. The van der Waals surface area contributed by atoms with Gasteiger partial charge < -0.3 is 14.2 Å². The van der Waals surface area contributed by atoms with Crippen molar-refractivity contribution in [3.05, 3.63) is 59.9 Å². The van der Waals surface area contributed by atoms with Gasteiger partial charge in [0.05, 0.1) is 30.0 Å². The number of fused-ring (bicyclic) bond motifs is 1. The number of amides is 1. The third kappa shape index (κ3) is 3.90. The van der Waals surface area contributed by atoms with Gasteiger partial charge in [0.25, 0.3) is 0 Å². The molecule has 31 heavy (non-hydrogen) atoms. The second kappa shape index (κ2) is 8.47. The molecule has 0 spiro atoms. The molecular formula is C23H23N5O2S. The van der Waals surface area contributed by atoms with Gasteiger partial charge in [0.15, 0.2) is 5.01 Å². The van der Waals surface area contributed by atoms with Gasteiger partial charge in [0.2, 0.25) is 5.91 Å². The average Bonchev–Trinajstić information content (AvgIpc) is 3.47.